The lowest BCUT2D eigenvalue weighted by Crippen LogP contribution is -2.03. The van der Waals surface area contributed by atoms with Gasteiger partial charge in [-0.05, 0) is 12.5 Å². The average molecular weight is 176 g/mol. The van der Waals surface area contributed by atoms with Crippen molar-refractivity contribution in [2.45, 2.75) is 6.42 Å². The van der Waals surface area contributed by atoms with Crippen LogP contribution in [0.1, 0.15) is 11.1 Å². The minimum atomic E-state index is -0.395. The maximum absolute atomic E-state index is 11.3. The molecule has 2 rings (SSSR count). The van der Waals surface area contributed by atoms with Gasteiger partial charge in [0.25, 0.3) is 0 Å². The average Bonchev–Trinajstić information content (AvgIpc) is 2.43. The summed E-state index contributed by atoms with van der Waals surface area (Å²) >= 11 is 0. The van der Waals surface area contributed by atoms with Gasteiger partial charge in [0, 0.05) is 11.1 Å². The first-order chi connectivity index (χ1) is 6.24. The molecule has 1 aromatic rings. The van der Waals surface area contributed by atoms with Gasteiger partial charge in [-0.15, -0.1) is 0 Å². The van der Waals surface area contributed by atoms with Crippen molar-refractivity contribution in [3.8, 4) is 5.75 Å². The topological polar surface area (TPSA) is 52.2 Å². The van der Waals surface area contributed by atoms with Crippen LogP contribution in [0.15, 0.2) is 24.0 Å². The van der Waals surface area contributed by atoms with E-state index in [0.29, 0.717) is 11.3 Å². The van der Waals surface area contributed by atoms with Crippen LogP contribution in [-0.2, 0) is 11.5 Å². The normalized spacial score (nSPS) is 14.5. The van der Waals surface area contributed by atoms with E-state index in [1.165, 1.54) is 7.11 Å². The molecule has 0 aromatic heterocycles. The van der Waals surface area contributed by atoms with Gasteiger partial charge in [-0.1, -0.05) is 17.9 Å². The Balaban J connectivity index is 2.57. The minimum absolute atomic E-state index is 0.179. The van der Waals surface area contributed by atoms with E-state index in [4.69, 9.17) is 4.74 Å². The summed E-state index contributed by atoms with van der Waals surface area (Å²) in [5.41, 5.74) is 1.21. The Morgan fingerprint density at radius 2 is 2.23 bits per heavy atom. The zero-order valence-corrected chi connectivity index (χ0v) is 7.16. The summed E-state index contributed by atoms with van der Waals surface area (Å²) < 4.78 is 5.05. The van der Waals surface area contributed by atoms with Crippen molar-refractivity contribution in [3.05, 3.63) is 35.1 Å². The van der Waals surface area contributed by atoms with Crippen molar-refractivity contribution >= 4 is 5.76 Å². The van der Waals surface area contributed by atoms with Crippen LogP contribution in [0, 0.1) is 0 Å². The Morgan fingerprint density at radius 1 is 1.46 bits per heavy atom. The summed E-state index contributed by atoms with van der Waals surface area (Å²) in [5.74, 6) is -0.120. The van der Waals surface area contributed by atoms with Gasteiger partial charge in [-0.3, -0.25) is 5.11 Å². The van der Waals surface area contributed by atoms with Crippen LogP contribution in [0.4, 0.5) is 0 Å². The largest absolute Gasteiger partial charge is 0.873 e. The van der Waals surface area contributed by atoms with E-state index in [9.17, 15) is 10.2 Å². The molecule has 3 nitrogen and oxygen atoms in total. The van der Waals surface area contributed by atoms with Gasteiger partial charge < -0.3 is 9.84 Å². The molecule has 1 aliphatic rings. The maximum atomic E-state index is 11.3. The van der Waals surface area contributed by atoms with Gasteiger partial charge in [0.05, 0.1) is 7.11 Å². The third-order valence-electron chi connectivity index (χ3n) is 2.19. The molecular formula is C10H8O3-. The monoisotopic (exact) mass is 176 g/mol. The molecule has 0 atom stereocenters. The van der Waals surface area contributed by atoms with Crippen molar-refractivity contribution < 1.29 is 14.9 Å². The van der Waals surface area contributed by atoms with Gasteiger partial charge in [-0.2, -0.15) is 0 Å². The van der Waals surface area contributed by atoms with Crippen LogP contribution in [0.3, 0.4) is 0 Å². The van der Waals surface area contributed by atoms with Gasteiger partial charge in [0.1, 0.15) is 5.75 Å². The lowest BCUT2D eigenvalue weighted by atomic mass is 10.1. The summed E-state index contributed by atoms with van der Waals surface area (Å²) in [6.07, 6.45) is 0.179. The van der Waals surface area contributed by atoms with E-state index in [-0.39, 0.29) is 12.2 Å². The summed E-state index contributed by atoms with van der Waals surface area (Å²) in [4.78, 5) is 0. The van der Waals surface area contributed by atoms with Crippen molar-refractivity contribution in [2.75, 3.05) is 7.11 Å². The number of methoxy groups -OCH3 is 1. The molecule has 67 valence electrons. The fourth-order valence-corrected chi connectivity index (χ4v) is 1.54. The molecular weight excluding hydrogens is 168 g/mol. The Kier molecular flexibility index (Phi) is 1.65. The third-order valence-corrected chi connectivity index (χ3v) is 2.19. The van der Waals surface area contributed by atoms with Crippen molar-refractivity contribution in [1.29, 1.82) is 0 Å². The predicted molar refractivity (Wildman–Crippen MR) is 44.3 cm³/mol. The van der Waals surface area contributed by atoms with E-state index in [2.05, 4.69) is 0 Å². The molecule has 3 heteroatoms. The number of allylic oxidation sites excluding steroid dienone is 1. The van der Waals surface area contributed by atoms with Crippen molar-refractivity contribution in [3.63, 3.8) is 0 Å². The fourth-order valence-electron chi connectivity index (χ4n) is 1.54. The number of rotatable bonds is 1. The first-order valence-electron chi connectivity index (χ1n) is 3.97. The lowest BCUT2D eigenvalue weighted by molar-refractivity contribution is -0.305. The van der Waals surface area contributed by atoms with Crippen LogP contribution in [0.2, 0.25) is 0 Å². The van der Waals surface area contributed by atoms with E-state index in [1.54, 1.807) is 18.2 Å². The third kappa shape index (κ3) is 1.04. The summed E-state index contributed by atoms with van der Waals surface area (Å²) in [5, 5.41) is 22.4. The predicted octanol–water partition coefficient (Wildman–Crippen LogP) is 0.711. The molecule has 0 N–H and O–H groups in total. The molecule has 0 bridgehead atoms. The standard InChI is InChI=1S/C10H9O3/c1-13-9-4-2-3-6-7(9)5-8(11)10(6)12/h2-4,11H,5H2,1H3/p-1. The van der Waals surface area contributed by atoms with Gasteiger partial charge in [0.15, 0.2) is 5.76 Å². The van der Waals surface area contributed by atoms with E-state index >= 15 is 0 Å². The molecule has 1 aromatic carbocycles. The smallest absolute Gasteiger partial charge is 0.174 e. The Hall–Kier alpha value is -1.64. The van der Waals surface area contributed by atoms with Gasteiger partial charge >= 0.3 is 0 Å². The Bertz CT molecular complexity index is 380. The number of hydrogen-bond donors (Lipinski definition) is 0. The quantitative estimate of drug-likeness (QED) is 0.632. The second-order valence-corrected chi connectivity index (χ2v) is 2.92. The van der Waals surface area contributed by atoms with E-state index in [1.807, 2.05) is 0 Å². The minimum Gasteiger partial charge on any atom is -0.873 e. The highest BCUT2D eigenvalue weighted by Crippen LogP contribution is 2.34. The van der Waals surface area contributed by atoms with E-state index in [0.717, 1.165) is 5.56 Å². The number of benzene rings is 1. The van der Waals surface area contributed by atoms with Crippen LogP contribution in [0.25, 0.3) is 5.76 Å². The van der Waals surface area contributed by atoms with Crippen LogP contribution >= 0.6 is 0 Å². The highest BCUT2D eigenvalue weighted by Gasteiger charge is 2.20. The molecule has 0 heterocycles. The molecule has 1 aliphatic carbocycles. The Labute approximate surface area is 75.9 Å². The molecule has 13 heavy (non-hydrogen) atoms. The zero-order valence-electron chi connectivity index (χ0n) is 7.16. The molecule has 0 saturated heterocycles. The van der Waals surface area contributed by atoms with Gasteiger partial charge in [0.2, 0.25) is 0 Å². The van der Waals surface area contributed by atoms with Gasteiger partial charge in [-0.25, -0.2) is 0 Å². The summed E-state index contributed by atoms with van der Waals surface area (Å²) in [7, 11) is 1.53. The lowest BCUT2D eigenvalue weighted by Gasteiger charge is -2.07. The van der Waals surface area contributed by atoms with Crippen molar-refractivity contribution in [2.24, 2.45) is 0 Å². The second kappa shape index (κ2) is 2.69. The fraction of sp³-hybridized carbons (Fsp3) is 0.200. The highest BCUT2D eigenvalue weighted by molar-refractivity contribution is 5.71. The molecule has 0 amide bonds. The first-order valence-corrected chi connectivity index (χ1v) is 3.97. The van der Waals surface area contributed by atoms with Crippen LogP contribution in [-0.4, -0.2) is 7.11 Å². The first kappa shape index (κ1) is 7.98. The molecule has 0 unspecified atom stereocenters. The molecule has 0 fully saturated rings. The molecule has 0 aliphatic heterocycles. The number of fused-ring (bicyclic) bond motifs is 1. The summed E-state index contributed by atoms with van der Waals surface area (Å²) in [6, 6.07) is 5.13. The maximum Gasteiger partial charge on any atom is 0.174 e. The zero-order chi connectivity index (χ0) is 9.42. The van der Waals surface area contributed by atoms with Crippen molar-refractivity contribution in [1.82, 2.24) is 0 Å². The van der Waals surface area contributed by atoms with E-state index < -0.39 is 5.76 Å². The second-order valence-electron chi connectivity index (χ2n) is 2.92. The number of hydrogen-bond acceptors (Lipinski definition) is 2. The highest BCUT2D eigenvalue weighted by atomic mass is 16.5. The van der Waals surface area contributed by atoms with Crippen LogP contribution < -0.4 is 9.84 Å². The SMILES string of the molecule is COc1cccc2c1CC([O-])=C2[O]. The molecule has 0 saturated carbocycles. The van der Waals surface area contributed by atoms with Crippen LogP contribution in [0.5, 0.6) is 5.75 Å². The molecule has 0 spiro atoms. The number of ether oxygens (including phenoxy) is 1. The summed E-state index contributed by atoms with van der Waals surface area (Å²) in [6.45, 7) is 0. The Morgan fingerprint density at radius 3 is 2.92 bits per heavy atom. The molecule has 1 radical (unpaired) electrons.